The van der Waals surface area contributed by atoms with Crippen LogP contribution in [0.15, 0.2) is 42.5 Å². The standard InChI is InChI=1S/C22H25Cl3N2O3/c1-4-14(2)26-22(29)15(3)27(12-16-9-10-17(23)11-19(16)25)21(28)13-30-20-8-6-5-7-18(20)24/h5-11,14-15H,4,12-13H2,1-3H3,(H,26,29)/t14-,15+/m1/s1. The number of para-hydroxylation sites is 1. The van der Waals surface area contributed by atoms with Crippen molar-refractivity contribution in [2.24, 2.45) is 0 Å². The van der Waals surface area contributed by atoms with Crippen LogP contribution in [-0.4, -0.2) is 35.4 Å². The van der Waals surface area contributed by atoms with Gasteiger partial charge in [-0.25, -0.2) is 0 Å². The predicted octanol–water partition coefficient (Wildman–Crippen LogP) is 5.36. The quantitative estimate of drug-likeness (QED) is 0.536. The number of hydrogen-bond acceptors (Lipinski definition) is 3. The van der Waals surface area contributed by atoms with Crippen molar-refractivity contribution in [1.29, 1.82) is 0 Å². The van der Waals surface area contributed by atoms with E-state index in [1.54, 1.807) is 49.4 Å². The van der Waals surface area contributed by atoms with Gasteiger partial charge < -0.3 is 15.0 Å². The Morgan fingerprint density at radius 1 is 1.07 bits per heavy atom. The van der Waals surface area contributed by atoms with E-state index in [2.05, 4.69) is 5.32 Å². The van der Waals surface area contributed by atoms with Crippen molar-refractivity contribution >= 4 is 46.6 Å². The summed E-state index contributed by atoms with van der Waals surface area (Å²) in [5.74, 6) is -0.220. The first-order chi connectivity index (χ1) is 14.2. The van der Waals surface area contributed by atoms with E-state index in [-0.39, 0.29) is 31.0 Å². The maximum Gasteiger partial charge on any atom is 0.261 e. The Morgan fingerprint density at radius 2 is 1.77 bits per heavy atom. The van der Waals surface area contributed by atoms with Crippen LogP contribution in [0.3, 0.4) is 0 Å². The van der Waals surface area contributed by atoms with E-state index in [4.69, 9.17) is 39.5 Å². The van der Waals surface area contributed by atoms with Crippen LogP contribution in [0.25, 0.3) is 0 Å². The van der Waals surface area contributed by atoms with Crippen molar-refractivity contribution in [3.05, 3.63) is 63.1 Å². The first kappa shape index (κ1) is 24.3. The molecule has 5 nitrogen and oxygen atoms in total. The predicted molar refractivity (Wildman–Crippen MR) is 121 cm³/mol. The molecule has 0 aliphatic heterocycles. The fraction of sp³-hybridized carbons (Fsp3) is 0.364. The van der Waals surface area contributed by atoms with Gasteiger partial charge in [-0.2, -0.15) is 0 Å². The Morgan fingerprint density at radius 3 is 2.40 bits per heavy atom. The molecule has 2 aromatic carbocycles. The average molecular weight is 472 g/mol. The molecule has 0 fully saturated rings. The highest BCUT2D eigenvalue weighted by molar-refractivity contribution is 6.35. The summed E-state index contributed by atoms with van der Waals surface area (Å²) in [6, 6.07) is 11.2. The Balaban J connectivity index is 2.21. The Labute approximate surface area is 192 Å². The minimum absolute atomic E-state index is 0.00426. The number of nitrogens with zero attached hydrogens (tertiary/aromatic N) is 1. The number of amides is 2. The highest BCUT2D eigenvalue weighted by Gasteiger charge is 2.27. The Hall–Kier alpha value is -1.95. The summed E-state index contributed by atoms with van der Waals surface area (Å²) in [5, 5.41) is 4.22. The van der Waals surface area contributed by atoms with Crippen LogP contribution >= 0.6 is 34.8 Å². The van der Waals surface area contributed by atoms with Crippen molar-refractivity contribution in [2.75, 3.05) is 6.61 Å². The zero-order valence-electron chi connectivity index (χ0n) is 17.1. The van der Waals surface area contributed by atoms with Crippen LogP contribution in [0.5, 0.6) is 5.75 Å². The van der Waals surface area contributed by atoms with Crippen molar-refractivity contribution < 1.29 is 14.3 Å². The Bertz CT molecular complexity index is 892. The molecule has 0 aliphatic rings. The maximum absolute atomic E-state index is 13.0. The van der Waals surface area contributed by atoms with Gasteiger partial charge in [-0.1, -0.05) is 59.9 Å². The lowest BCUT2D eigenvalue weighted by atomic mass is 10.1. The average Bonchev–Trinajstić information content (AvgIpc) is 2.71. The van der Waals surface area contributed by atoms with E-state index < -0.39 is 6.04 Å². The third-order valence-corrected chi connectivity index (χ3v) is 5.61. The summed E-state index contributed by atoms with van der Waals surface area (Å²) in [7, 11) is 0. The van der Waals surface area contributed by atoms with Crippen LogP contribution in [0.2, 0.25) is 15.1 Å². The molecule has 2 atom stereocenters. The van der Waals surface area contributed by atoms with Gasteiger partial charge in [0.2, 0.25) is 5.91 Å². The number of rotatable bonds is 9. The Kier molecular flexibility index (Phi) is 9.28. The zero-order chi connectivity index (χ0) is 22.3. The molecule has 2 rings (SSSR count). The third-order valence-electron chi connectivity index (χ3n) is 4.71. The highest BCUT2D eigenvalue weighted by atomic mass is 35.5. The largest absolute Gasteiger partial charge is 0.482 e. The molecular weight excluding hydrogens is 447 g/mol. The summed E-state index contributed by atoms with van der Waals surface area (Å²) in [6.07, 6.45) is 0.783. The molecule has 162 valence electrons. The molecule has 1 N–H and O–H groups in total. The molecule has 0 spiro atoms. The topological polar surface area (TPSA) is 58.6 Å². The van der Waals surface area contributed by atoms with Gasteiger partial charge in [0.1, 0.15) is 11.8 Å². The lowest BCUT2D eigenvalue weighted by Gasteiger charge is -2.30. The van der Waals surface area contributed by atoms with E-state index in [9.17, 15) is 9.59 Å². The van der Waals surface area contributed by atoms with Crippen LogP contribution in [0.4, 0.5) is 0 Å². The summed E-state index contributed by atoms with van der Waals surface area (Å²) in [6.45, 7) is 5.43. The number of carbonyl (C=O) groups is 2. The molecule has 0 aliphatic carbocycles. The maximum atomic E-state index is 13.0. The lowest BCUT2D eigenvalue weighted by molar-refractivity contribution is -0.142. The molecule has 0 saturated heterocycles. The van der Waals surface area contributed by atoms with Gasteiger partial charge in [0.15, 0.2) is 6.61 Å². The zero-order valence-corrected chi connectivity index (χ0v) is 19.4. The second-order valence-corrected chi connectivity index (χ2v) is 8.22. The normalized spacial score (nSPS) is 12.7. The number of halogens is 3. The van der Waals surface area contributed by atoms with Gasteiger partial charge in [0, 0.05) is 22.6 Å². The third kappa shape index (κ3) is 6.79. The van der Waals surface area contributed by atoms with Crippen molar-refractivity contribution in [1.82, 2.24) is 10.2 Å². The number of ether oxygens (including phenoxy) is 1. The van der Waals surface area contributed by atoms with Crippen LogP contribution in [-0.2, 0) is 16.1 Å². The molecular formula is C22H25Cl3N2O3. The van der Waals surface area contributed by atoms with E-state index in [1.807, 2.05) is 13.8 Å². The number of hydrogen-bond donors (Lipinski definition) is 1. The molecule has 2 aromatic rings. The smallest absolute Gasteiger partial charge is 0.261 e. The van der Waals surface area contributed by atoms with Crippen LogP contribution < -0.4 is 10.1 Å². The van der Waals surface area contributed by atoms with Gasteiger partial charge in [-0.05, 0) is 50.1 Å². The molecule has 0 heterocycles. The van der Waals surface area contributed by atoms with Crippen molar-refractivity contribution in [3.63, 3.8) is 0 Å². The van der Waals surface area contributed by atoms with E-state index in [1.165, 1.54) is 4.90 Å². The molecule has 0 radical (unpaired) electrons. The molecule has 0 bridgehead atoms. The molecule has 30 heavy (non-hydrogen) atoms. The van der Waals surface area contributed by atoms with Crippen LogP contribution in [0, 0.1) is 0 Å². The van der Waals surface area contributed by atoms with Gasteiger partial charge in [0.25, 0.3) is 5.91 Å². The minimum Gasteiger partial charge on any atom is -0.482 e. The number of carbonyl (C=O) groups excluding carboxylic acids is 2. The summed E-state index contributed by atoms with van der Waals surface area (Å²) in [4.78, 5) is 27.1. The summed E-state index contributed by atoms with van der Waals surface area (Å²) >= 11 is 18.4. The van der Waals surface area contributed by atoms with Gasteiger partial charge in [0.05, 0.1) is 5.02 Å². The van der Waals surface area contributed by atoms with Gasteiger partial charge in [-0.15, -0.1) is 0 Å². The summed E-state index contributed by atoms with van der Waals surface area (Å²) in [5.41, 5.74) is 0.676. The second kappa shape index (κ2) is 11.4. The fourth-order valence-corrected chi connectivity index (χ4v) is 3.32. The summed E-state index contributed by atoms with van der Waals surface area (Å²) < 4.78 is 5.59. The minimum atomic E-state index is -0.729. The first-order valence-corrected chi connectivity index (χ1v) is 10.8. The van der Waals surface area contributed by atoms with E-state index >= 15 is 0 Å². The fourth-order valence-electron chi connectivity index (χ4n) is 2.67. The monoisotopic (exact) mass is 470 g/mol. The molecule has 8 heteroatoms. The first-order valence-electron chi connectivity index (χ1n) is 9.64. The highest BCUT2D eigenvalue weighted by Crippen LogP contribution is 2.25. The van der Waals surface area contributed by atoms with Gasteiger partial charge in [-0.3, -0.25) is 9.59 Å². The molecule has 0 aromatic heterocycles. The number of nitrogens with one attached hydrogen (secondary N) is 1. The van der Waals surface area contributed by atoms with Crippen LogP contribution in [0.1, 0.15) is 32.8 Å². The van der Waals surface area contributed by atoms with Crippen molar-refractivity contribution in [3.8, 4) is 5.75 Å². The molecule has 0 saturated carbocycles. The molecule has 2 amide bonds. The van der Waals surface area contributed by atoms with E-state index in [0.717, 1.165) is 6.42 Å². The lowest BCUT2D eigenvalue weighted by Crippen LogP contribution is -2.50. The van der Waals surface area contributed by atoms with Gasteiger partial charge >= 0.3 is 0 Å². The number of benzene rings is 2. The molecule has 0 unspecified atom stereocenters. The second-order valence-electron chi connectivity index (χ2n) is 6.97. The SMILES string of the molecule is CC[C@@H](C)NC(=O)[C@H](C)N(Cc1ccc(Cl)cc1Cl)C(=O)COc1ccccc1Cl. The van der Waals surface area contributed by atoms with E-state index in [0.29, 0.717) is 26.4 Å². The van der Waals surface area contributed by atoms with Crippen molar-refractivity contribution in [2.45, 2.75) is 45.8 Å².